The van der Waals surface area contributed by atoms with Crippen molar-refractivity contribution in [2.45, 2.75) is 119 Å². The molecule has 0 radical (unpaired) electrons. The molecule has 0 aromatic heterocycles. The van der Waals surface area contributed by atoms with Crippen LogP contribution in [0, 0.1) is 46.8 Å². The summed E-state index contributed by atoms with van der Waals surface area (Å²) in [5.41, 5.74) is -1.12. The second kappa shape index (κ2) is 43.4. The number of carbonyl (C=O) groups is 10. The van der Waals surface area contributed by atoms with E-state index in [0.29, 0.717) is 25.9 Å². The summed E-state index contributed by atoms with van der Waals surface area (Å²) in [7, 11) is 1.41. The summed E-state index contributed by atoms with van der Waals surface area (Å²) < 4.78 is 47.5. The van der Waals surface area contributed by atoms with Crippen LogP contribution in [0.5, 0.6) is 0 Å². The smallest absolute Gasteiger partial charge is 0.309 e. The number of aliphatic carboxylic acids is 2. The molecule has 0 aliphatic carbocycles. The van der Waals surface area contributed by atoms with Crippen molar-refractivity contribution in [3.8, 4) is 0 Å². The number of esters is 8. The van der Waals surface area contributed by atoms with Gasteiger partial charge in [0.1, 0.15) is 52.9 Å². The first-order chi connectivity index (χ1) is 37.1. The fraction of sp³-hybridized carbons (Fsp3) is 0.811. The van der Waals surface area contributed by atoms with Crippen LogP contribution in [-0.4, -0.2) is 182 Å². The topological polar surface area (TPSA) is 353 Å². The molecular formula is C53H90N3O22-. The van der Waals surface area contributed by atoms with Crippen LogP contribution in [0.1, 0.15) is 119 Å². The van der Waals surface area contributed by atoms with Gasteiger partial charge in [-0.15, -0.1) is 0 Å². The molecule has 7 atom stereocenters. The molecule has 0 aromatic rings. The Morgan fingerprint density at radius 3 is 1.22 bits per heavy atom. The highest BCUT2D eigenvalue weighted by Gasteiger charge is 2.36. The first kappa shape index (κ1) is 72.5. The van der Waals surface area contributed by atoms with E-state index in [1.54, 1.807) is 27.7 Å². The standard InChI is InChI=1S/C53H91N3O22/c1-9-36(5)48(65)71-23-19-54-16-13-43(58)76-33-53(12-4,34-77-44(59)14-17-55-20-24-72-49(66)37(6)10-2)35-78-45(60)15-18-56-21-25-73-51(68)39(11-3)30-40(46(61)62)31-41(47(63)64)32-42(52(69)74-26-22-57)29-38(7)50(67)75-28-27-70-8/h36-42,54-57H,9-35H2,1-8H3,(H,61,62)(H,63,64)/p-1. The predicted octanol–water partition coefficient (Wildman–Crippen LogP) is 1.30. The molecule has 0 aliphatic rings. The summed E-state index contributed by atoms with van der Waals surface area (Å²) in [4.78, 5) is 126. The van der Waals surface area contributed by atoms with Crippen molar-refractivity contribution in [3.63, 3.8) is 0 Å². The Morgan fingerprint density at radius 1 is 0.449 bits per heavy atom. The summed E-state index contributed by atoms with van der Waals surface area (Å²) in [5, 5.41) is 40.6. The minimum absolute atomic E-state index is 0.0289. The number of aliphatic hydroxyl groups is 1. The fourth-order valence-corrected chi connectivity index (χ4v) is 7.19. The van der Waals surface area contributed by atoms with Gasteiger partial charge in [-0.25, -0.2) is 0 Å². The Balaban J connectivity index is 5.44. The number of carbonyl (C=O) groups excluding carboxylic acids is 9. The lowest BCUT2D eigenvalue weighted by atomic mass is 9.80. The summed E-state index contributed by atoms with van der Waals surface area (Å²) in [6.45, 7) is 11.9. The van der Waals surface area contributed by atoms with Crippen LogP contribution in [-0.2, 0) is 90.6 Å². The van der Waals surface area contributed by atoms with Crippen LogP contribution >= 0.6 is 0 Å². The van der Waals surface area contributed by atoms with E-state index in [0.717, 1.165) is 0 Å². The van der Waals surface area contributed by atoms with Crippen molar-refractivity contribution in [1.29, 1.82) is 0 Å². The number of carboxylic acid groups (broad SMARTS) is 2. The number of ether oxygens (including phenoxy) is 9. The monoisotopic (exact) mass is 1120 g/mol. The second-order valence-corrected chi connectivity index (χ2v) is 19.2. The summed E-state index contributed by atoms with van der Waals surface area (Å²) in [6, 6.07) is 0. The lowest BCUT2D eigenvalue weighted by molar-refractivity contribution is -0.312. The number of methoxy groups -OCH3 is 1. The molecule has 0 fully saturated rings. The minimum atomic E-state index is -1.65. The number of rotatable bonds is 48. The third-order valence-electron chi connectivity index (χ3n) is 12.9. The maximum atomic E-state index is 13.1. The zero-order valence-electron chi connectivity index (χ0n) is 47.2. The van der Waals surface area contributed by atoms with E-state index < -0.39 is 109 Å². The van der Waals surface area contributed by atoms with Crippen molar-refractivity contribution in [3.05, 3.63) is 0 Å². The molecule has 0 rings (SSSR count). The van der Waals surface area contributed by atoms with Gasteiger partial charge in [0.05, 0.1) is 73.4 Å². The van der Waals surface area contributed by atoms with Crippen molar-refractivity contribution in [2.24, 2.45) is 46.8 Å². The highest BCUT2D eigenvalue weighted by molar-refractivity contribution is 5.78. The van der Waals surface area contributed by atoms with Gasteiger partial charge in [0.2, 0.25) is 0 Å². The molecule has 25 nitrogen and oxygen atoms in total. The maximum Gasteiger partial charge on any atom is 0.309 e. The van der Waals surface area contributed by atoms with Crippen LogP contribution in [0.3, 0.4) is 0 Å². The second-order valence-electron chi connectivity index (χ2n) is 19.2. The van der Waals surface area contributed by atoms with Crippen molar-refractivity contribution >= 4 is 59.7 Å². The first-order valence-corrected chi connectivity index (χ1v) is 27.1. The molecule has 0 spiro atoms. The van der Waals surface area contributed by atoms with Gasteiger partial charge in [0, 0.05) is 58.3 Å². The highest BCUT2D eigenvalue weighted by atomic mass is 16.6. The highest BCUT2D eigenvalue weighted by Crippen LogP contribution is 2.30. The average Bonchev–Trinajstić information content (AvgIpc) is 3.42. The van der Waals surface area contributed by atoms with Gasteiger partial charge in [-0.05, 0) is 51.4 Å². The number of carboxylic acids is 2. The van der Waals surface area contributed by atoms with Gasteiger partial charge in [-0.2, -0.15) is 0 Å². The zero-order chi connectivity index (χ0) is 58.9. The number of aliphatic hydroxyl groups excluding tert-OH is 1. The van der Waals surface area contributed by atoms with Gasteiger partial charge in [-0.3, -0.25) is 43.2 Å². The molecule has 0 heterocycles. The van der Waals surface area contributed by atoms with E-state index in [1.165, 1.54) is 14.0 Å². The Bertz CT molecular complexity index is 1750. The molecule has 0 aromatic carbocycles. The Morgan fingerprint density at radius 2 is 0.833 bits per heavy atom. The lowest BCUT2D eigenvalue weighted by Crippen LogP contribution is -2.39. The molecule has 450 valence electrons. The molecule has 0 amide bonds. The van der Waals surface area contributed by atoms with Crippen LogP contribution in [0.4, 0.5) is 0 Å². The average molecular weight is 1120 g/mol. The van der Waals surface area contributed by atoms with Crippen molar-refractivity contribution in [2.75, 3.05) is 112 Å². The zero-order valence-corrected chi connectivity index (χ0v) is 47.2. The quantitative estimate of drug-likeness (QED) is 0.0326. The molecule has 25 heteroatoms. The van der Waals surface area contributed by atoms with E-state index in [9.17, 15) is 58.2 Å². The molecule has 0 saturated heterocycles. The molecule has 7 unspecified atom stereocenters. The Hall–Kier alpha value is -5.50. The van der Waals surface area contributed by atoms with Crippen LogP contribution in [0.2, 0.25) is 0 Å². The SMILES string of the molecule is CCC(C)C(=O)OCCNCCC(=O)OCC(CC)(COC(=O)CCNCCOC(=O)C(C)CC)COC(=O)CCNCCOC(=O)C(CC)CC(CC(CC(CC(C)C(=O)OCCOC)C(=O)OCCO)C(=O)[O-])C(=O)O. The minimum Gasteiger partial charge on any atom is -0.550 e. The number of nitrogens with one attached hydrogen (secondary N) is 3. The van der Waals surface area contributed by atoms with Gasteiger partial charge in [0.25, 0.3) is 0 Å². The van der Waals surface area contributed by atoms with E-state index in [-0.39, 0.29) is 148 Å². The molecule has 78 heavy (non-hydrogen) atoms. The molecule has 0 saturated carbocycles. The molecule has 0 bridgehead atoms. The molecular weight excluding hydrogens is 1030 g/mol. The van der Waals surface area contributed by atoms with Gasteiger partial charge >= 0.3 is 53.7 Å². The number of hydrogen-bond acceptors (Lipinski definition) is 24. The van der Waals surface area contributed by atoms with Crippen molar-refractivity contribution < 1.29 is 106 Å². The third-order valence-corrected chi connectivity index (χ3v) is 12.9. The van der Waals surface area contributed by atoms with Gasteiger partial charge < -0.3 is 78.7 Å². The Labute approximate surface area is 458 Å². The van der Waals surface area contributed by atoms with E-state index in [1.807, 2.05) is 13.8 Å². The van der Waals surface area contributed by atoms with E-state index >= 15 is 0 Å². The van der Waals surface area contributed by atoms with Crippen LogP contribution in [0.15, 0.2) is 0 Å². The van der Waals surface area contributed by atoms with E-state index in [4.69, 9.17) is 47.7 Å². The van der Waals surface area contributed by atoms with Gasteiger partial charge in [0.15, 0.2) is 0 Å². The third kappa shape index (κ3) is 33.1. The largest absolute Gasteiger partial charge is 0.550 e. The summed E-state index contributed by atoms with van der Waals surface area (Å²) in [5.74, 6) is -14.2. The summed E-state index contributed by atoms with van der Waals surface area (Å²) >= 11 is 0. The van der Waals surface area contributed by atoms with Crippen molar-refractivity contribution in [1.82, 2.24) is 16.0 Å². The molecule has 0 aliphatic heterocycles. The lowest BCUT2D eigenvalue weighted by Gasteiger charge is -2.31. The normalized spacial score (nSPS) is 14.6. The van der Waals surface area contributed by atoms with E-state index in [2.05, 4.69) is 16.0 Å². The molecule has 5 N–H and O–H groups in total. The first-order valence-electron chi connectivity index (χ1n) is 27.1. The van der Waals surface area contributed by atoms with Crippen LogP contribution in [0.25, 0.3) is 0 Å². The maximum absolute atomic E-state index is 13.1. The fourth-order valence-electron chi connectivity index (χ4n) is 7.19. The Kier molecular flexibility index (Phi) is 40.3. The van der Waals surface area contributed by atoms with Gasteiger partial charge in [-0.1, -0.05) is 48.5 Å². The summed E-state index contributed by atoms with van der Waals surface area (Å²) in [6.07, 6.45) is 0.0130. The predicted molar refractivity (Wildman–Crippen MR) is 275 cm³/mol. The van der Waals surface area contributed by atoms with Crippen LogP contribution < -0.4 is 21.1 Å². The number of hydrogen-bond donors (Lipinski definition) is 5.